The molecule has 1 aliphatic carbocycles. The van der Waals surface area contributed by atoms with Gasteiger partial charge in [0.25, 0.3) is 5.91 Å². The highest BCUT2D eigenvalue weighted by molar-refractivity contribution is 5.96. The van der Waals surface area contributed by atoms with Gasteiger partial charge >= 0.3 is 5.69 Å². The van der Waals surface area contributed by atoms with Crippen molar-refractivity contribution < 1.29 is 9.72 Å². The number of carbonyl (C=O) groups is 1. The minimum absolute atomic E-state index is 0. The molecule has 2 aliphatic rings. The van der Waals surface area contributed by atoms with Gasteiger partial charge in [0, 0.05) is 19.1 Å². The first-order chi connectivity index (χ1) is 10.5. The standard InChI is InChI=1S/C14H21N5O3.ClH/c1-2-3-11-13(19(21)22)12(17-16-11)14(20)18-6-8-4-5-10(15)9(8)7-18;/h8-10H,2-7,15H2,1H3,(H,16,17);1H. The molecule has 2 fully saturated rings. The number of nitrogens with two attached hydrogens (primary N) is 1. The molecular weight excluding hydrogens is 322 g/mol. The SMILES string of the molecule is CCCc1[nH]nc(C(=O)N2CC3CCC(N)C3C2)c1[N+](=O)[O-].Cl. The fraction of sp³-hybridized carbons (Fsp3) is 0.714. The summed E-state index contributed by atoms with van der Waals surface area (Å²) in [4.78, 5) is 25.1. The number of carbonyl (C=O) groups excluding carboxylic acids is 1. The second kappa shape index (κ2) is 6.84. The zero-order valence-electron chi connectivity index (χ0n) is 13.0. The molecule has 1 amide bonds. The number of halogens is 1. The Morgan fingerprint density at radius 2 is 2.22 bits per heavy atom. The van der Waals surface area contributed by atoms with E-state index in [4.69, 9.17) is 5.73 Å². The maximum Gasteiger partial charge on any atom is 0.322 e. The van der Waals surface area contributed by atoms with Gasteiger partial charge in [-0.05, 0) is 31.1 Å². The van der Waals surface area contributed by atoms with Gasteiger partial charge in [-0.1, -0.05) is 13.3 Å². The van der Waals surface area contributed by atoms with Crippen molar-refractivity contribution in [3.63, 3.8) is 0 Å². The molecule has 0 radical (unpaired) electrons. The summed E-state index contributed by atoms with van der Waals surface area (Å²) in [7, 11) is 0. The summed E-state index contributed by atoms with van der Waals surface area (Å²) in [6, 6.07) is 0.132. The van der Waals surface area contributed by atoms with Crippen LogP contribution in [0.1, 0.15) is 42.4 Å². The van der Waals surface area contributed by atoms with Gasteiger partial charge in [-0.25, -0.2) is 0 Å². The Hall–Kier alpha value is -1.67. The molecular formula is C14H22ClN5O3. The molecule has 1 aromatic rings. The van der Waals surface area contributed by atoms with Gasteiger partial charge in [0.05, 0.1) is 4.92 Å². The van der Waals surface area contributed by atoms with Gasteiger partial charge in [-0.3, -0.25) is 20.0 Å². The lowest BCUT2D eigenvalue weighted by molar-refractivity contribution is -0.385. The fourth-order valence-electron chi connectivity index (χ4n) is 3.77. The first-order valence-corrected chi connectivity index (χ1v) is 7.79. The van der Waals surface area contributed by atoms with E-state index < -0.39 is 4.92 Å². The summed E-state index contributed by atoms with van der Waals surface area (Å²) in [5, 5.41) is 17.9. The van der Waals surface area contributed by atoms with E-state index >= 15 is 0 Å². The summed E-state index contributed by atoms with van der Waals surface area (Å²) < 4.78 is 0. The number of aryl methyl sites for hydroxylation is 1. The number of hydrogen-bond acceptors (Lipinski definition) is 5. The summed E-state index contributed by atoms with van der Waals surface area (Å²) in [6.45, 7) is 3.14. The Kier molecular flexibility index (Phi) is 5.26. The minimum atomic E-state index is -0.510. The Morgan fingerprint density at radius 3 is 2.83 bits per heavy atom. The summed E-state index contributed by atoms with van der Waals surface area (Å²) >= 11 is 0. The van der Waals surface area contributed by atoms with Crippen LogP contribution >= 0.6 is 12.4 Å². The van der Waals surface area contributed by atoms with E-state index in [9.17, 15) is 14.9 Å². The van der Waals surface area contributed by atoms with Crippen LogP contribution in [0.2, 0.25) is 0 Å². The summed E-state index contributed by atoms with van der Waals surface area (Å²) in [5.74, 6) is 0.385. The zero-order valence-corrected chi connectivity index (χ0v) is 13.8. The van der Waals surface area contributed by atoms with Crippen LogP contribution in [0.25, 0.3) is 0 Å². The van der Waals surface area contributed by atoms with Crippen molar-refractivity contribution in [1.82, 2.24) is 15.1 Å². The normalized spacial score (nSPS) is 26.0. The first-order valence-electron chi connectivity index (χ1n) is 7.79. The topological polar surface area (TPSA) is 118 Å². The number of nitrogens with one attached hydrogen (secondary N) is 1. The third kappa shape index (κ3) is 3.05. The largest absolute Gasteiger partial charge is 0.336 e. The number of hydrogen-bond donors (Lipinski definition) is 2. The molecule has 8 nitrogen and oxygen atoms in total. The molecule has 1 saturated carbocycles. The molecule has 3 N–H and O–H groups in total. The van der Waals surface area contributed by atoms with E-state index in [2.05, 4.69) is 10.2 Å². The second-order valence-electron chi connectivity index (χ2n) is 6.28. The van der Waals surface area contributed by atoms with Gasteiger partial charge in [-0.15, -0.1) is 12.4 Å². The first kappa shape index (κ1) is 17.7. The quantitative estimate of drug-likeness (QED) is 0.634. The van der Waals surface area contributed by atoms with Crippen molar-refractivity contribution >= 4 is 24.0 Å². The van der Waals surface area contributed by atoms with Crippen LogP contribution in [0.3, 0.4) is 0 Å². The smallest absolute Gasteiger partial charge is 0.322 e. The number of nitro groups is 1. The molecule has 3 unspecified atom stereocenters. The molecule has 3 atom stereocenters. The second-order valence-corrected chi connectivity index (χ2v) is 6.28. The number of likely N-dealkylation sites (tertiary alicyclic amines) is 1. The van der Waals surface area contributed by atoms with Crippen LogP contribution in [0.5, 0.6) is 0 Å². The van der Waals surface area contributed by atoms with Gasteiger partial charge in [0.2, 0.25) is 5.69 Å². The van der Waals surface area contributed by atoms with Crippen molar-refractivity contribution in [2.24, 2.45) is 17.6 Å². The molecule has 0 bridgehead atoms. The molecule has 1 aliphatic heterocycles. The van der Waals surface area contributed by atoms with E-state index in [0.29, 0.717) is 37.0 Å². The van der Waals surface area contributed by atoms with Gasteiger partial charge < -0.3 is 10.6 Å². The number of rotatable bonds is 4. The maximum atomic E-state index is 12.6. The predicted molar refractivity (Wildman–Crippen MR) is 86.6 cm³/mol. The molecule has 1 aromatic heterocycles. The molecule has 1 saturated heterocycles. The lowest BCUT2D eigenvalue weighted by atomic mass is 9.98. The Morgan fingerprint density at radius 1 is 1.48 bits per heavy atom. The van der Waals surface area contributed by atoms with Crippen LogP contribution < -0.4 is 5.73 Å². The minimum Gasteiger partial charge on any atom is -0.336 e. The average Bonchev–Trinajstić information content (AvgIpc) is 3.14. The monoisotopic (exact) mass is 343 g/mol. The van der Waals surface area contributed by atoms with Gasteiger partial charge in [-0.2, -0.15) is 5.10 Å². The van der Waals surface area contributed by atoms with Crippen LogP contribution in [0.4, 0.5) is 5.69 Å². The summed E-state index contributed by atoms with van der Waals surface area (Å²) in [5.41, 5.74) is 6.26. The van der Waals surface area contributed by atoms with Crippen molar-refractivity contribution in [3.05, 3.63) is 21.5 Å². The van der Waals surface area contributed by atoms with E-state index in [-0.39, 0.29) is 35.7 Å². The molecule has 9 heteroatoms. The van der Waals surface area contributed by atoms with Crippen molar-refractivity contribution in [2.45, 2.75) is 38.6 Å². The lowest BCUT2D eigenvalue weighted by Crippen LogP contribution is -2.34. The van der Waals surface area contributed by atoms with E-state index in [1.807, 2.05) is 6.92 Å². The molecule has 2 heterocycles. The third-order valence-electron chi connectivity index (χ3n) is 4.90. The Bertz CT molecular complexity index is 605. The van der Waals surface area contributed by atoms with Crippen LogP contribution in [0.15, 0.2) is 0 Å². The van der Waals surface area contributed by atoms with Crippen molar-refractivity contribution in [1.29, 1.82) is 0 Å². The molecule has 23 heavy (non-hydrogen) atoms. The van der Waals surface area contributed by atoms with Gasteiger partial charge in [0.1, 0.15) is 5.69 Å². The zero-order chi connectivity index (χ0) is 15.9. The number of nitrogens with zero attached hydrogens (tertiary/aromatic N) is 3. The lowest BCUT2D eigenvalue weighted by Gasteiger charge is -2.17. The predicted octanol–water partition coefficient (Wildman–Crippen LogP) is 1.50. The van der Waals surface area contributed by atoms with Crippen LogP contribution in [0, 0.1) is 22.0 Å². The number of H-pyrrole nitrogens is 1. The van der Waals surface area contributed by atoms with E-state index in [1.165, 1.54) is 0 Å². The highest BCUT2D eigenvalue weighted by Gasteiger charge is 2.44. The molecule has 128 valence electrons. The Labute approximate surface area is 140 Å². The maximum absolute atomic E-state index is 12.6. The number of amides is 1. The average molecular weight is 344 g/mol. The van der Waals surface area contributed by atoms with E-state index in [0.717, 1.165) is 19.3 Å². The Balaban J connectivity index is 0.00000192. The van der Waals surface area contributed by atoms with E-state index in [1.54, 1.807) is 4.90 Å². The fourth-order valence-corrected chi connectivity index (χ4v) is 3.77. The molecule has 3 rings (SSSR count). The summed E-state index contributed by atoms with van der Waals surface area (Å²) in [6.07, 6.45) is 3.28. The number of aromatic amines is 1. The number of aromatic nitrogens is 2. The highest BCUT2D eigenvalue weighted by atomic mass is 35.5. The van der Waals surface area contributed by atoms with Crippen LogP contribution in [-0.4, -0.2) is 45.1 Å². The number of fused-ring (bicyclic) bond motifs is 1. The highest BCUT2D eigenvalue weighted by Crippen LogP contribution is 2.38. The van der Waals surface area contributed by atoms with Crippen molar-refractivity contribution in [3.8, 4) is 0 Å². The molecule has 0 spiro atoms. The third-order valence-corrected chi connectivity index (χ3v) is 4.90. The van der Waals surface area contributed by atoms with Gasteiger partial charge in [0.15, 0.2) is 0 Å². The molecule has 0 aromatic carbocycles. The van der Waals surface area contributed by atoms with Crippen LogP contribution in [-0.2, 0) is 6.42 Å². The van der Waals surface area contributed by atoms with Crippen molar-refractivity contribution in [2.75, 3.05) is 13.1 Å².